The van der Waals surface area contributed by atoms with Crippen molar-refractivity contribution in [2.24, 2.45) is 23.7 Å². The lowest BCUT2D eigenvalue weighted by atomic mass is 9.94. The minimum atomic E-state index is 0.554. The maximum absolute atomic E-state index is 6.62. The standard InChI is InChI=1S/C16H28N2O/c1-17-15-9-3-5-11(15)13(7-9)19-14-8-10-4-6-12(14)16(10)18-2/h9-18H,3-8H2,1-2H3/t9?,10?,11-,12-,13-,14-,15?,16?/m1/s1. The number of fused-ring (bicyclic) bond motifs is 4. The molecule has 3 heteroatoms. The van der Waals surface area contributed by atoms with Gasteiger partial charge in [0.25, 0.3) is 0 Å². The first kappa shape index (κ1) is 12.6. The van der Waals surface area contributed by atoms with Gasteiger partial charge in [-0.1, -0.05) is 0 Å². The molecule has 0 aromatic rings. The quantitative estimate of drug-likeness (QED) is 0.812. The van der Waals surface area contributed by atoms with Crippen LogP contribution in [0.2, 0.25) is 0 Å². The van der Waals surface area contributed by atoms with Gasteiger partial charge in [0.15, 0.2) is 0 Å². The van der Waals surface area contributed by atoms with Crippen molar-refractivity contribution in [1.82, 2.24) is 10.6 Å². The van der Waals surface area contributed by atoms with E-state index in [9.17, 15) is 0 Å². The fourth-order valence-corrected chi connectivity index (χ4v) is 5.98. The van der Waals surface area contributed by atoms with Crippen molar-refractivity contribution in [1.29, 1.82) is 0 Å². The normalized spacial score (nSPS) is 55.3. The number of hydrogen-bond donors (Lipinski definition) is 2. The molecular formula is C16H28N2O. The number of ether oxygens (including phenoxy) is 1. The zero-order valence-electron chi connectivity index (χ0n) is 12.3. The molecule has 19 heavy (non-hydrogen) atoms. The van der Waals surface area contributed by atoms with Gasteiger partial charge in [-0.3, -0.25) is 0 Å². The van der Waals surface area contributed by atoms with Gasteiger partial charge in [-0.2, -0.15) is 0 Å². The van der Waals surface area contributed by atoms with Crippen molar-refractivity contribution in [3.63, 3.8) is 0 Å². The van der Waals surface area contributed by atoms with Gasteiger partial charge < -0.3 is 15.4 Å². The zero-order chi connectivity index (χ0) is 13.0. The van der Waals surface area contributed by atoms with Crippen LogP contribution in [0, 0.1) is 23.7 Å². The molecule has 4 rings (SSSR count). The third-order valence-corrected chi connectivity index (χ3v) is 6.72. The summed E-state index contributed by atoms with van der Waals surface area (Å²) in [6.45, 7) is 0. The zero-order valence-corrected chi connectivity index (χ0v) is 12.3. The Morgan fingerprint density at radius 2 is 1.21 bits per heavy atom. The summed E-state index contributed by atoms with van der Waals surface area (Å²) in [5.41, 5.74) is 0. The molecule has 0 spiro atoms. The summed E-state index contributed by atoms with van der Waals surface area (Å²) in [7, 11) is 4.26. The first-order valence-electron chi connectivity index (χ1n) is 8.31. The van der Waals surface area contributed by atoms with Crippen LogP contribution in [-0.4, -0.2) is 38.4 Å². The second-order valence-electron chi connectivity index (χ2n) is 7.32. The van der Waals surface area contributed by atoms with E-state index >= 15 is 0 Å². The van der Waals surface area contributed by atoms with Crippen LogP contribution in [0.3, 0.4) is 0 Å². The van der Waals surface area contributed by atoms with Gasteiger partial charge in [-0.15, -0.1) is 0 Å². The van der Waals surface area contributed by atoms with Gasteiger partial charge in [0.1, 0.15) is 0 Å². The van der Waals surface area contributed by atoms with E-state index in [2.05, 4.69) is 24.7 Å². The third kappa shape index (κ3) is 1.81. The molecule has 8 atom stereocenters. The van der Waals surface area contributed by atoms with Crippen molar-refractivity contribution in [2.45, 2.75) is 62.8 Å². The summed E-state index contributed by atoms with van der Waals surface area (Å²) in [6.07, 6.45) is 9.35. The lowest BCUT2D eigenvalue weighted by Gasteiger charge is -2.30. The highest BCUT2D eigenvalue weighted by Gasteiger charge is 2.52. The molecule has 0 radical (unpaired) electrons. The predicted molar refractivity (Wildman–Crippen MR) is 76.0 cm³/mol. The lowest BCUT2D eigenvalue weighted by molar-refractivity contribution is -0.0645. The average molecular weight is 264 g/mol. The van der Waals surface area contributed by atoms with Crippen LogP contribution in [0.1, 0.15) is 38.5 Å². The van der Waals surface area contributed by atoms with Gasteiger partial charge in [0, 0.05) is 23.9 Å². The van der Waals surface area contributed by atoms with Crippen LogP contribution in [0.4, 0.5) is 0 Å². The van der Waals surface area contributed by atoms with E-state index in [-0.39, 0.29) is 0 Å². The van der Waals surface area contributed by atoms with Gasteiger partial charge in [-0.25, -0.2) is 0 Å². The smallest absolute Gasteiger partial charge is 0.0625 e. The minimum absolute atomic E-state index is 0.554. The molecule has 0 saturated heterocycles. The second kappa shape index (κ2) is 4.71. The molecule has 4 aliphatic carbocycles. The molecule has 3 nitrogen and oxygen atoms in total. The summed E-state index contributed by atoms with van der Waals surface area (Å²) in [5, 5.41) is 7.08. The largest absolute Gasteiger partial charge is 0.374 e. The van der Waals surface area contributed by atoms with Crippen molar-refractivity contribution in [3.8, 4) is 0 Å². The van der Waals surface area contributed by atoms with E-state index in [0.29, 0.717) is 12.2 Å². The fourth-order valence-electron chi connectivity index (χ4n) is 5.98. The van der Waals surface area contributed by atoms with Crippen LogP contribution < -0.4 is 10.6 Å². The van der Waals surface area contributed by atoms with Gasteiger partial charge in [0.05, 0.1) is 12.2 Å². The van der Waals surface area contributed by atoms with Crippen molar-refractivity contribution < 1.29 is 4.74 Å². The van der Waals surface area contributed by atoms with Crippen LogP contribution in [-0.2, 0) is 4.74 Å². The molecule has 0 amide bonds. The summed E-state index contributed by atoms with van der Waals surface area (Å²) in [6, 6.07) is 1.48. The molecule has 2 N–H and O–H groups in total. The van der Waals surface area contributed by atoms with Gasteiger partial charge in [0.2, 0.25) is 0 Å². The van der Waals surface area contributed by atoms with E-state index in [1.54, 1.807) is 0 Å². The van der Waals surface area contributed by atoms with Crippen LogP contribution >= 0.6 is 0 Å². The van der Waals surface area contributed by atoms with Crippen molar-refractivity contribution in [3.05, 3.63) is 0 Å². The first-order chi connectivity index (χ1) is 9.31. The monoisotopic (exact) mass is 264 g/mol. The Labute approximate surface area is 116 Å². The fraction of sp³-hybridized carbons (Fsp3) is 1.00. The molecule has 0 heterocycles. The topological polar surface area (TPSA) is 33.3 Å². The first-order valence-corrected chi connectivity index (χ1v) is 8.31. The maximum atomic E-state index is 6.62. The van der Waals surface area contributed by atoms with E-state index in [0.717, 1.165) is 35.8 Å². The summed E-state index contributed by atoms with van der Waals surface area (Å²) in [5.74, 6) is 3.36. The Morgan fingerprint density at radius 3 is 1.58 bits per heavy atom. The Balaban J connectivity index is 1.41. The second-order valence-corrected chi connectivity index (χ2v) is 7.32. The SMILES string of the molecule is CNC1C2CC[C@@H]1[C@H](O[C@@H]1CC3CC[C@H]1C3NC)C2. The maximum Gasteiger partial charge on any atom is 0.0625 e. The Bertz CT molecular complexity index is 316. The summed E-state index contributed by atoms with van der Waals surface area (Å²) in [4.78, 5) is 0. The van der Waals surface area contributed by atoms with Crippen LogP contribution in [0.25, 0.3) is 0 Å². The lowest BCUT2D eigenvalue weighted by Crippen LogP contribution is -2.37. The van der Waals surface area contributed by atoms with Gasteiger partial charge >= 0.3 is 0 Å². The molecule has 108 valence electrons. The van der Waals surface area contributed by atoms with Crippen LogP contribution in [0.5, 0.6) is 0 Å². The molecular weight excluding hydrogens is 236 g/mol. The minimum Gasteiger partial charge on any atom is -0.374 e. The Morgan fingerprint density at radius 1 is 0.737 bits per heavy atom. The highest BCUT2D eigenvalue weighted by Crippen LogP contribution is 2.51. The molecule has 4 bridgehead atoms. The number of rotatable bonds is 4. The highest BCUT2D eigenvalue weighted by molar-refractivity contribution is 5.05. The van der Waals surface area contributed by atoms with Crippen LogP contribution in [0.15, 0.2) is 0 Å². The molecule has 0 aliphatic heterocycles. The predicted octanol–water partition coefficient (Wildman–Crippen LogP) is 1.78. The van der Waals surface area contributed by atoms with E-state index < -0.39 is 0 Å². The highest BCUT2D eigenvalue weighted by atomic mass is 16.5. The number of nitrogens with one attached hydrogen (secondary N) is 2. The molecule has 4 fully saturated rings. The van der Waals surface area contributed by atoms with E-state index in [1.165, 1.54) is 38.5 Å². The van der Waals surface area contributed by atoms with E-state index in [4.69, 9.17) is 4.74 Å². The van der Waals surface area contributed by atoms with Crippen molar-refractivity contribution in [2.75, 3.05) is 14.1 Å². The summed E-state index contributed by atoms with van der Waals surface area (Å²) < 4.78 is 6.62. The third-order valence-electron chi connectivity index (χ3n) is 6.72. The molecule has 4 saturated carbocycles. The molecule has 0 aromatic heterocycles. The number of hydrogen-bond acceptors (Lipinski definition) is 3. The molecule has 0 aromatic carbocycles. The van der Waals surface area contributed by atoms with Crippen molar-refractivity contribution >= 4 is 0 Å². The summed E-state index contributed by atoms with van der Waals surface area (Å²) >= 11 is 0. The molecule has 4 aliphatic rings. The molecule has 4 unspecified atom stereocenters. The van der Waals surface area contributed by atoms with E-state index in [1.807, 2.05) is 0 Å². The average Bonchev–Trinajstić information content (AvgIpc) is 3.15. The Hall–Kier alpha value is -0.120. The van der Waals surface area contributed by atoms with Gasteiger partial charge in [-0.05, 0) is 64.5 Å². The Kier molecular flexibility index (Phi) is 3.13.